The monoisotopic (exact) mass is 240 g/mol. The van der Waals surface area contributed by atoms with Crippen molar-refractivity contribution < 1.29 is 13.6 Å². The molecule has 6 heteroatoms. The fraction of sp³-hybridized carbons (Fsp3) is 0. The van der Waals surface area contributed by atoms with Crippen LogP contribution in [0.4, 0.5) is 13.9 Å². The van der Waals surface area contributed by atoms with Crippen LogP contribution in [0.25, 0.3) is 0 Å². The van der Waals surface area contributed by atoms with Crippen LogP contribution in [0.1, 0.15) is 10.4 Å². The fourth-order valence-electron chi connectivity index (χ4n) is 1.09. The summed E-state index contributed by atoms with van der Waals surface area (Å²) in [5.41, 5.74) is 0.0501. The zero-order valence-corrected chi connectivity index (χ0v) is 8.72. The molecule has 1 aromatic heterocycles. The Balaban J connectivity index is 2.18. The highest BCUT2D eigenvalue weighted by molar-refractivity contribution is 7.13. The number of hydrogen-bond acceptors (Lipinski definition) is 3. The van der Waals surface area contributed by atoms with Gasteiger partial charge in [0.1, 0.15) is 0 Å². The lowest BCUT2D eigenvalue weighted by atomic mass is 10.2. The van der Waals surface area contributed by atoms with Gasteiger partial charge in [-0.2, -0.15) is 0 Å². The maximum atomic E-state index is 12.9. The van der Waals surface area contributed by atoms with Gasteiger partial charge in [-0.05, 0) is 18.2 Å². The average Bonchev–Trinajstić information content (AvgIpc) is 2.74. The summed E-state index contributed by atoms with van der Waals surface area (Å²) in [6, 6.07) is 2.96. The molecule has 0 bridgehead atoms. The van der Waals surface area contributed by atoms with Gasteiger partial charge >= 0.3 is 0 Å². The summed E-state index contributed by atoms with van der Waals surface area (Å²) in [7, 11) is 0. The largest absolute Gasteiger partial charge is 0.298 e. The van der Waals surface area contributed by atoms with Gasteiger partial charge in [0.25, 0.3) is 5.91 Å². The van der Waals surface area contributed by atoms with E-state index in [9.17, 15) is 13.6 Å². The number of anilines is 1. The lowest BCUT2D eigenvalue weighted by molar-refractivity contribution is 0.102. The van der Waals surface area contributed by atoms with E-state index in [0.29, 0.717) is 5.13 Å². The van der Waals surface area contributed by atoms with Crippen LogP contribution in [0.3, 0.4) is 0 Å². The molecule has 1 heterocycles. The van der Waals surface area contributed by atoms with Gasteiger partial charge in [-0.25, -0.2) is 13.8 Å². The molecule has 1 aromatic carbocycles. The molecule has 82 valence electrons. The predicted molar refractivity (Wildman–Crippen MR) is 56.4 cm³/mol. The number of amides is 1. The smallest absolute Gasteiger partial charge is 0.257 e. The van der Waals surface area contributed by atoms with E-state index in [1.807, 2.05) is 0 Å². The Morgan fingerprint density at radius 2 is 2.12 bits per heavy atom. The van der Waals surface area contributed by atoms with Crippen LogP contribution in [0.15, 0.2) is 29.8 Å². The number of hydrogen-bond donors (Lipinski definition) is 1. The van der Waals surface area contributed by atoms with Gasteiger partial charge in [0, 0.05) is 17.1 Å². The minimum absolute atomic E-state index is 0.0501. The number of aromatic nitrogens is 1. The minimum atomic E-state index is -1.05. The summed E-state index contributed by atoms with van der Waals surface area (Å²) in [5.74, 6) is -2.55. The maximum Gasteiger partial charge on any atom is 0.257 e. The van der Waals surface area contributed by atoms with E-state index in [1.165, 1.54) is 23.6 Å². The third kappa shape index (κ3) is 2.22. The lowest BCUT2D eigenvalue weighted by Crippen LogP contribution is -2.12. The summed E-state index contributed by atoms with van der Waals surface area (Å²) in [6.45, 7) is 0. The topological polar surface area (TPSA) is 42.0 Å². The summed E-state index contributed by atoms with van der Waals surface area (Å²) in [6.07, 6.45) is 1.53. The highest BCUT2D eigenvalue weighted by Gasteiger charge is 2.10. The Hall–Kier alpha value is -1.82. The second-order valence-corrected chi connectivity index (χ2v) is 3.81. The molecule has 1 N–H and O–H groups in total. The molecular weight excluding hydrogens is 234 g/mol. The molecule has 0 aliphatic heterocycles. The standard InChI is InChI=1S/C10H6F2N2OS/c11-7-2-1-6(5-8(7)12)9(15)14-10-13-3-4-16-10/h1-5H,(H,13,14,15). The molecule has 1 amide bonds. The van der Waals surface area contributed by atoms with Gasteiger partial charge in [-0.1, -0.05) is 0 Å². The Bertz CT molecular complexity index is 514. The van der Waals surface area contributed by atoms with Crippen LogP contribution in [-0.4, -0.2) is 10.9 Å². The van der Waals surface area contributed by atoms with E-state index in [2.05, 4.69) is 10.3 Å². The molecule has 0 spiro atoms. The first-order valence-corrected chi connectivity index (χ1v) is 5.20. The van der Waals surface area contributed by atoms with E-state index < -0.39 is 17.5 Å². The van der Waals surface area contributed by atoms with Crippen molar-refractivity contribution in [2.45, 2.75) is 0 Å². The quantitative estimate of drug-likeness (QED) is 0.876. The van der Waals surface area contributed by atoms with E-state index in [-0.39, 0.29) is 5.56 Å². The molecule has 0 atom stereocenters. The van der Waals surface area contributed by atoms with Crippen LogP contribution < -0.4 is 5.32 Å². The van der Waals surface area contributed by atoms with E-state index in [4.69, 9.17) is 0 Å². The second kappa shape index (κ2) is 4.36. The Morgan fingerprint density at radius 3 is 2.75 bits per heavy atom. The first-order valence-electron chi connectivity index (χ1n) is 4.33. The molecule has 0 aliphatic rings. The van der Waals surface area contributed by atoms with Gasteiger partial charge in [0.15, 0.2) is 16.8 Å². The number of rotatable bonds is 2. The van der Waals surface area contributed by atoms with E-state index in [0.717, 1.165) is 12.1 Å². The number of nitrogens with zero attached hydrogens (tertiary/aromatic N) is 1. The summed E-state index contributed by atoms with van der Waals surface area (Å²) in [5, 5.41) is 4.57. The van der Waals surface area contributed by atoms with Crippen molar-refractivity contribution in [2.24, 2.45) is 0 Å². The van der Waals surface area contributed by atoms with Crippen molar-refractivity contribution in [3.8, 4) is 0 Å². The molecular formula is C10H6F2N2OS. The number of carbonyl (C=O) groups is 1. The fourth-order valence-corrected chi connectivity index (χ4v) is 1.62. The highest BCUT2D eigenvalue weighted by atomic mass is 32.1. The van der Waals surface area contributed by atoms with Crippen molar-refractivity contribution in [1.29, 1.82) is 0 Å². The van der Waals surface area contributed by atoms with Gasteiger partial charge in [0.05, 0.1) is 0 Å². The molecule has 0 radical (unpaired) electrons. The average molecular weight is 240 g/mol. The highest BCUT2D eigenvalue weighted by Crippen LogP contribution is 2.14. The van der Waals surface area contributed by atoms with Crippen LogP contribution in [0.5, 0.6) is 0 Å². The lowest BCUT2D eigenvalue weighted by Gasteiger charge is -2.01. The molecule has 2 aromatic rings. The first kappa shape index (κ1) is 10.7. The molecule has 2 rings (SSSR count). The van der Waals surface area contributed by atoms with Crippen LogP contribution in [0.2, 0.25) is 0 Å². The summed E-state index contributed by atoms with van der Waals surface area (Å²) >= 11 is 1.24. The number of carbonyl (C=O) groups excluding carboxylic acids is 1. The molecule has 0 saturated carbocycles. The van der Waals surface area contributed by atoms with Gasteiger partial charge in [-0.15, -0.1) is 11.3 Å². The molecule has 0 saturated heterocycles. The van der Waals surface area contributed by atoms with Crippen LogP contribution >= 0.6 is 11.3 Å². The Kier molecular flexibility index (Phi) is 2.91. The van der Waals surface area contributed by atoms with Crippen molar-refractivity contribution in [3.63, 3.8) is 0 Å². The SMILES string of the molecule is O=C(Nc1nccs1)c1ccc(F)c(F)c1. The third-order valence-corrected chi connectivity index (χ3v) is 2.52. The second-order valence-electron chi connectivity index (χ2n) is 2.92. The van der Waals surface area contributed by atoms with Gasteiger partial charge in [0.2, 0.25) is 0 Å². The van der Waals surface area contributed by atoms with Crippen molar-refractivity contribution >= 4 is 22.4 Å². The van der Waals surface area contributed by atoms with E-state index >= 15 is 0 Å². The molecule has 16 heavy (non-hydrogen) atoms. The molecule has 0 fully saturated rings. The third-order valence-electron chi connectivity index (χ3n) is 1.83. The first-order chi connectivity index (χ1) is 7.66. The van der Waals surface area contributed by atoms with Gasteiger partial charge in [-0.3, -0.25) is 10.1 Å². The zero-order valence-electron chi connectivity index (χ0n) is 7.91. The van der Waals surface area contributed by atoms with Gasteiger partial charge < -0.3 is 0 Å². The molecule has 3 nitrogen and oxygen atoms in total. The maximum absolute atomic E-state index is 12.9. The number of benzene rings is 1. The minimum Gasteiger partial charge on any atom is -0.298 e. The van der Waals surface area contributed by atoms with Crippen LogP contribution in [-0.2, 0) is 0 Å². The number of thiazole rings is 1. The molecule has 0 unspecified atom stereocenters. The Labute approximate surface area is 93.8 Å². The summed E-state index contributed by atoms with van der Waals surface area (Å²) in [4.78, 5) is 15.4. The molecule has 0 aliphatic carbocycles. The van der Waals surface area contributed by atoms with Crippen molar-refractivity contribution in [3.05, 3.63) is 47.0 Å². The van der Waals surface area contributed by atoms with Crippen molar-refractivity contribution in [1.82, 2.24) is 4.98 Å². The predicted octanol–water partition coefficient (Wildman–Crippen LogP) is 2.67. The zero-order chi connectivity index (χ0) is 11.5. The van der Waals surface area contributed by atoms with Crippen LogP contribution in [0, 0.1) is 11.6 Å². The van der Waals surface area contributed by atoms with E-state index in [1.54, 1.807) is 5.38 Å². The number of halogens is 2. The summed E-state index contributed by atoms with van der Waals surface area (Å²) < 4.78 is 25.5. The van der Waals surface area contributed by atoms with Crippen molar-refractivity contribution in [2.75, 3.05) is 5.32 Å². The number of nitrogens with one attached hydrogen (secondary N) is 1. The normalized spacial score (nSPS) is 10.1. The Morgan fingerprint density at radius 1 is 1.31 bits per heavy atom.